The van der Waals surface area contributed by atoms with Crippen molar-refractivity contribution in [3.63, 3.8) is 0 Å². The molecular formula is C24H16BrClFN3OS. The number of anilines is 1. The van der Waals surface area contributed by atoms with Crippen LogP contribution in [0.5, 0.6) is 0 Å². The molecule has 1 saturated heterocycles. The standard InChI is InChI=1S/C24H16BrClFN3OS/c25-18-13-15(27)6-9-17(18)20-10-11-21(31-20)23-22(19-3-1-2-12-28-19)29-24(32)30(23)16-7-4-14(26)5-8-16/h1-13,22-23H,(H,29,32). The number of hydrogen-bond donors (Lipinski definition) is 1. The Bertz CT molecular complexity index is 1280. The molecule has 2 atom stereocenters. The van der Waals surface area contributed by atoms with Crippen molar-refractivity contribution in [1.29, 1.82) is 0 Å². The van der Waals surface area contributed by atoms with E-state index in [4.69, 9.17) is 28.2 Å². The number of benzene rings is 2. The molecule has 1 aliphatic heterocycles. The van der Waals surface area contributed by atoms with Gasteiger partial charge in [0.1, 0.15) is 23.4 Å². The third-order valence-corrected chi connectivity index (χ3v) is 6.54. The summed E-state index contributed by atoms with van der Waals surface area (Å²) in [6.45, 7) is 0. The molecule has 1 fully saturated rings. The van der Waals surface area contributed by atoms with Gasteiger partial charge in [-0.05, 0) is 94.9 Å². The zero-order chi connectivity index (χ0) is 22.2. The number of nitrogens with one attached hydrogen (secondary N) is 1. The average molecular weight is 529 g/mol. The summed E-state index contributed by atoms with van der Waals surface area (Å²) in [4.78, 5) is 6.55. The number of hydrogen-bond acceptors (Lipinski definition) is 3. The lowest BCUT2D eigenvalue weighted by Crippen LogP contribution is -2.29. The number of nitrogens with zero attached hydrogens (tertiary/aromatic N) is 2. The van der Waals surface area contributed by atoms with Crippen molar-refractivity contribution in [2.24, 2.45) is 0 Å². The molecule has 0 amide bonds. The third kappa shape index (κ3) is 3.92. The van der Waals surface area contributed by atoms with Crippen molar-refractivity contribution in [3.05, 3.63) is 106 Å². The Balaban J connectivity index is 1.60. The van der Waals surface area contributed by atoms with Crippen LogP contribution in [-0.2, 0) is 0 Å². The molecule has 32 heavy (non-hydrogen) atoms. The second-order valence-corrected chi connectivity index (χ2v) is 8.98. The van der Waals surface area contributed by atoms with Crippen LogP contribution in [0.25, 0.3) is 11.3 Å². The van der Waals surface area contributed by atoms with Crippen molar-refractivity contribution >= 4 is 50.5 Å². The number of pyridine rings is 1. The second kappa shape index (κ2) is 8.65. The molecule has 1 N–H and O–H groups in total. The Morgan fingerprint density at radius 2 is 1.88 bits per heavy atom. The fraction of sp³-hybridized carbons (Fsp3) is 0.0833. The van der Waals surface area contributed by atoms with Gasteiger partial charge in [0.25, 0.3) is 0 Å². The maximum Gasteiger partial charge on any atom is 0.174 e. The van der Waals surface area contributed by atoms with E-state index in [2.05, 4.69) is 26.2 Å². The Labute approximate surface area is 203 Å². The molecule has 0 saturated carbocycles. The summed E-state index contributed by atoms with van der Waals surface area (Å²) in [5.41, 5.74) is 2.49. The Morgan fingerprint density at radius 3 is 2.59 bits per heavy atom. The molecule has 5 rings (SSSR count). The first-order valence-corrected chi connectivity index (χ1v) is 11.4. The quantitative estimate of drug-likeness (QED) is 0.287. The van der Waals surface area contributed by atoms with Gasteiger partial charge < -0.3 is 14.6 Å². The molecular weight excluding hydrogens is 513 g/mol. The summed E-state index contributed by atoms with van der Waals surface area (Å²) in [6, 6.07) is 21.1. The van der Waals surface area contributed by atoms with Crippen LogP contribution in [0.15, 0.2) is 87.9 Å². The van der Waals surface area contributed by atoms with E-state index in [1.807, 2.05) is 59.5 Å². The first-order valence-electron chi connectivity index (χ1n) is 9.82. The molecule has 2 aromatic heterocycles. The van der Waals surface area contributed by atoms with Crippen LogP contribution in [0.2, 0.25) is 5.02 Å². The van der Waals surface area contributed by atoms with Crippen LogP contribution in [-0.4, -0.2) is 10.1 Å². The molecule has 2 unspecified atom stereocenters. The summed E-state index contributed by atoms with van der Waals surface area (Å²) in [7, 11) is 0. The Hall–Kier alpha value is -2.74. The fourth-order valence-corrected chi connectivity index (χ4v) is 4.89. The summed E-state index contributed by atoms with van der Waals surface area (Å²) in [5, 5.41) is 4.60. The lowest BCUT2D eigenvalue weighted by molar-refractivity contribution is 0.439. The maximum absolute atomic E-state index is 13.6. The van der Waals surface area contributed by atoms with E-state index < -0.39 is 0 Å². The van der Waals surface area contributed by atoms with Gasteiger partial charge in [-0.1, -0.05) is 17.7 Å². The van der Waals surface area contributed by atoms with E-state index >= 15 is 0 Å². The van der Waals surface area contributed by atoms with Gasteiger partial charge in [0.05, 0.1) is 11.7 Å². The molecule has 3 heterocycles. The lowest BCUT2D eigenvalue weighted by atomic mass is 10.0. The topological polar surface area (TPSA) is 41.3 Å². The maximum atomic E-state index is 13.6. The van der Waals surface area contributed by atoms with Crippen molar-refractivity contribution in [3.8, 4) is 11.3 Å². The van der Waals surface area contributed by atoms with Crippen LogP contribution < -0.4 is 10.2 Å². The van der Waals surface area contributed by atoms with Gasteiger partial charge in [-0.3, -0.25) is 4.98 Å². The second-order valence-electron chi connectivity index (χ2n) is 7.30. The van der Waals surface area contributed by atoms with E-state index in [0.29, 0.717) is 26.1 Å². The zero-order valence-corrected chi connectivity index (χ0v) is 19.7. The molecule has 4 nitrogen and oxygen atoms in total. The van der Waals surface area contributed by atoms with Crippen LogP contribution in [0.4, 0.5) is 10.1 Å². The van der Waals surface area contributed by atoms with Gasteiger partial charge in [0.2, 0.25) is 0 Å². The highest BCUT2D eigenvalue weighted by Crippen LogP contribution is 2.43. The molecule has 0 radical (unpaired) electrons. The predicted octanol–water partition coefficient (Wildman–Crippen LogP) is 7.07. The zero-order valence-electron chi connectivity index (χ0n) is 16.5. The van der Waals surface area contributed by atoms with Crippen molar-refractivity contribution in [1.82, 2.24) is 10.3 Å². The van der Waals surface area contributed by atoms with Crippen LogP contribution >= 0.6 is 39.7 Å². The first kappa shape index (κ1) is 21.1. The predicted molar refractivity (Wildman–Crippen MR) is 131 cm³/mol. The number of halogens is 3. The van der Waals surface area contributed by atoms with Crippen LogP contribution in [0, 0.1) is 5.82 Å². The fourth-order valence-electron chi connectivity index (χ4n) is 3.87. The Kier molecular flexibility index (Phi) is 5.71. The Morgan fingerprint density at radius 1 is 1.06 bits per heavy atom. The molecule has 0 spiro atoms. The minimum absolute atomic E-state index is 0.227. The summed E-state index contributed by atoms with van der Waals surface area (Å²) in [6.07, 6.45) is 1.76. The number of furan rings is 1. The molecule has 8 heteroatoms. The molecule has 4 aromatic rings. The van der Waals surface area contributed by atoms with E-state index in [1.54, 1.807) is 12.3 Å². The van der Waals surface area contributed by atoms with Crippen molar-refractivity contribution < 1.29 is 8.81 Å². The van der Waals surface area contributed by atoms with E-state index in [1.165, 1.54) is 12.1 Å². The van der Waals surface area contributed by atoms with Crippen LogP contribution in [0.1, 0.15) is 23.5 Å². The monoisotopic (exact) mass is 527 g/mol. The summed E-state index contributed by atoms with van der Waals surface area (Å²) in [5.74, 6) is 1.01. The highest BCUT2D eigenvalue weighted by molar-refractivity contribution is 9.10. The minimum atomic E-state index is -0.318. The first-order chi connectivity index (χ1) is 15.5. The lowest BCUT2D eigenvalue weighted by Gasteiger charge is -2.26. The molecule has 2 aromatic carbocycles. The molecule has 0 aliphatic carbocycles. The van der Waals surface area contributed by atoms with E-state index in [-0.39, 0.29) is 17.9 Å². The SMILES string of the molecule is Fc1ccc(-c2ccc(C3C(c4ccccn4)NC(=S)N3c3ccc(Cl)cc3)o2)c(Br)c1. The van der Waals surface area contributed by atoms with Crippen LogP contribution in [0.3, 0.4) is 0 Å². The minimum Gasteiger partial charge on any atom is -0.459 e. The van der Waals surface area contributed by atoms with Gasteiger partial charge in [0, 0.05) is 26.9 Å². The molecule has 160 valence electrons. The average Bonchev–Trinajstić information content (AvgIpc) is 3.39. The van der Waals surface area contributed by atoms with Gasteiger partial charge in [-0.15, -0.1) is 0 Å². The van der Waals surface area contributed by atoms with Gasteiger partial charge >= 0.3 is 0 Å². The highest BCUT2D eigenvalue weighted by Gasteiger charge is 2.42. The number of thiocarbonyl (C=S) groups is 1. The van der Waals surface area contributed by atoms with E-state index in [0.717, 1.165) is 16.9 Å². The van der Waals surface area contributed by atoms with Crippen molar-refractivity contribution in [2.75, 3.05) is 4.90 Å². The molecule has 1 aliphatic rings. The number of aromatic nitrogens is 1. The molecule has 0 bridgehead atoms. The largest absolute Gasteiger partial charge is 0.459 e. The third-order valence-electron chi connectivity index (χ3n) is 5.32. The highest BCUT2D eigenvalue weighted by atomic mass is 79.9. The summed E-state index contributed by atoms with van der Waals surface area (Å²) < 4.78 is 20.5. The smallest absolute Gasteiger partial charge is 0.174 e. The van der Waals surface area contributed by atoms with Gasteiger partial charge in [0.15, 0.2) is 5.11 Å². The van der Waals surface area contributed by atoms with Gasteiger partial charge in [-0.25, -0.2) is 4.39 Å². The summed E-state index contributed by atoms with van der Waals surface area (Å²) >= 11 is 15.2. The van der Waals surface area contributed by atoms with E-state index in [9.17, 15) is 4.39 Å². The number of rotatable bonds is 4. The normalized spacial score (nSPS) is 18.1. The van der Waals surface area contributed by atoms with Gasteiger partial charge in [-0.2, -0.15) is 0 Å². The van der Waals surface area contributed by atoms with Crippen molar-refractivity contribution in [2.45, 2.75) is 12.1 Å².